The minimum atomic E-state index is -0.281. The van der Waals surface area contributed by atoms with Crippen molar-refractivity contribution in [2.45, 2.75) is 19.4 Å². The van der Waals surface area contributed by atoms with Gasteiger partial charge in [0.15, 0.2) is 0 Å². The molecule has 0 aliphatic carbocycles. The number of nitrogens with one attached hydrogen (secondary N) is 1. The Labute approximate surface area is 138 Å². The highest BCUT2D eigenvalue weighted by atomic mass is 32.1. The van der Waals surface area contributed by atoms with Crippen molar-refractivity contribution in [2.24, 2.45) is 0 Å². The van der Waals surface area contributed by atoms with Crippen molar-refractivity contribution < 1.29 is 19.1 Å². The lowest BCUT2D eigenvalue weighted by molar-refractivity contribution is -0.140. The van der Waals surface area contributed by atoms with Gasteiger partial charge in [-0.3, -0.25) is 9.59 Å². The Hall–Kier alpha value is -2.41. The average molecular weight is 334 g/mol. The SMILES string of the molecule is COC(=O)CCCNC(=O)c1cccc(OCc2cscn2)c1. The number of amides is 1. The van der Waals surface area contributed by atoms with Crippen LogP contribution in [-0.4, -0.2) is 30.5 Å². The van der Waals surface area contributed by atoms with Gasteiger partial charge in [-0.1, -0.05) is 6.07 Å². The van der Waals surface area contributed by atoms with Gasteiger partial charge in [0.1, 0.15) is 12.4 Å². The van der Waals surface area contributed by atoms with E-state index in [9.17, 15) is 9.59 Å². The van der Waals surface area contributed by atoms with Crippen LogP contribution in [0.3, 0.4) is 0 Å². The molecular formula is C16H18N2O4S. The van der Waals surface area contributed by atoms with Crippen molar-refractivity contribution in [1.29, 1.82) is 0 Å². The van der Waals surface area contributed by atoms with Crippen molar-refractivity contribution in [2.75, 3.05) is 13.7 Å². The Morgan fingerprint density at radius 2 is 2.22 bits per heavy atom. The summed E-state index contributed by atoms with van der Waals surface area (Å²) in [5, 5.41) is 4.68. The molecule has 0 unspecified atom stereocenters. The Balaban J connectivity index is 1.81. The predicted octanol–water partition coefficient (Wildman–Crippen LogP) is 2.41. The second kappa shape index (κ2) is 8.89. The van der Waals surface area contributed by atoms with Crippen LogP contribution >= 0.6 is 11.3 Å². The molecular weight excluding hydrogens is 316 g/mol. The maximum absolute atomic E-state index is 12.1. The normalized spacial score (nSPS) is 10.1. The molecule has 0 spiro atoms. The van der Waals surface area contributed by atoms with Crippen LogP contribution in [0.5, 0.6) is 5.75 Å². The first-order chi connectivity index (χ1) is 11.2. The maximum atomic E-state index is 12.1. The van der Waals surface area contributed by atoms with Crippen LogP contribution in [-0.2, 0) is 16.1 Å². The van der Waals surface area contributed by atoms with Gasteiger partial charge in [0.2, 0.25) is 0 Å². The van der Waals surface area contributed by atoms with Crippen molar-refractivity contribution in [3.63, 3.8) is 0 Å². The number of rotatable bonds is 8. The number of nitrogens with zero attached hydrogens (tertiary/aromatic N) is 1. The van der Waals surface area contributed by atoms with Crippen LogP contribution in [0.25, 0.3) is 0 Å². The summed E-state index contributed by atoms with van der Waals surface area (Å²) in [4.78, 5) is 27.2. The van der Waals surface area contributed by atoms with Gasteiger partial charge >= 0.3 is 5.97 Å². The van der Waals surface area contributed by atoms with E-state index in [-0.39, 0.29) is 18.3 Å². The number of ether oxygens (including phenoxy) is 2. The number of methoxy groups -OCH3 is 1. The smallest absolute Gasteiger partial charge is 0.305 e. The second-order valence-electron chi connectivity index (χ2n) is 4.73. The minimum absolute atomic E-state index is 0.200. The number of hydrogen-bond acceptors (Lipinski definition) is 6. The summed E-state index contributed by atoms with van der Waals surface area (Å²) in [6.45, 7) is 0.783. The molecule has 1 aromatic heterocycles. The zero-order valence-corrected chi connectivity index (χ0v) is 13.6. The molecule has 0 saturated carbocycles. The molecule has 0 aliphatic heterocycles. The number of aromatic nitrogens is 1. The number of hydrogen-bond donors (Lipinski definition) is 1. The quantitative estimate of drug-likeness (QED) is 0.592. The molecule has 1 aromatic carbocycles. The van der Waals surface area contributed by atoms with Crippen LogP contribution in [0.4, 0.5) is 0 Å². The molecule has 122 valence electrons. The molecule has 0 aliphatic rings. The van der Waals surface area contributed by atoms with Gasteiger partial charge in [-0.2, -0.15) is 0 Å². The molecule has 0 fully saturated rings. The molecule has 1 amide bonds. The summed E-state index contributed by atoms with van der Waals surface area (Å²) < 4.78 is 10.2. The zero-order valence-electron chi connectivity index (χ0n) is 12.8. The highest BCUT2D eigenvalue weighted by Gasteiger charge is 2.07. The van der Waals surface area contributed by atoms with E-state index in [1.165, 1.54) is 18.4 Å². The van der Waals surface area contributed by atoms with Crippen molar-refractivity contribution in [1.82, 2.24) is 10.3 Å². The lowest BCUT2D eigenvalue weighted by Crippen LogP contribution is -2.25. The highest BCUT2D eigenvalue weighted by Crippen LogP contribution is 2.15. The number of thiazole rings is 1. The fourth-order valence-electron chi connectivity index (χ4n) is 1.83. The lowest BCUT2D eigenvalue weighted by atomic mass is 10.2. The third-order valence-corrected chi connectivity index (χ3v) is 3.67. The van der Waals surface area contributed by atoms with E-state index in [1.807, 2.05) is 5.38 Å². The van der Waals surface area contributed by atoms with Crippen LogP contribution in [0, 0.1) is 0 Å². The summed E-state index contributed by atoms with van der Waals surface area (Å²) in [7, 11) is 1.35. The molecule has 6 nitrogen and oxygen atoms in total. The molecule has 0 radical (unpaired) electrons. The van der Waals surface area contributed by atoms with E-state index in [0.717, 1.165) is 5.69 Å². The maximum Gasteiger partial charge on any atom is 0.305 e. The zero-order chi connectivity index (χ0) is 16.5. The first kappa shape index (κ1) is 17.0. The second-order valence-corrected chi connectivity index (χ2v) is 5.45. The molecule has 1 heterocycles. The first-order valence-electron chi connectivity index (χ1n) is 7.14. The van der Waals surface area contributed by atoms with Crippen LogP contribution in [0.1, 0.15) is 28.9 Å². The monoisotopic (exact) mass is 334 g/mol. The van der Waals surface area contributed by atoms with Gasteiger partial charge in [0, 0.05) is 23.9 Å². The first-order valence-corrected chi connectivity index (χ1v) is 8.08. The summed E-state index contributed by atoms with van der Waals surface area (Å²) in [5.41, 5.74) is 3.11. The summed E-state index contributed by atoms with van der Waals surface area (Å²) in [5.74, 6) is 0.130. The molecule has 0 atom stereocenters. The third kappa shape index (κ3) is 5.71. The van der Waals surface area contributed by atoms with Crippen molar-refractivity contribution >= 4 is 23.2 Å². The average Bonchev–Trinajstić information content (AvgIpc) is 3.10. The summed E-state index contributed by atoms with van der Waals surface area (Å²) in [6, 6.07) is 6.95. The van der Waals surface area contributed by atoms with Gasteiger partial charge in [0.25, 0.3) is 5.91 Å². The van der Waals surface area contributed by atoms with E-state index in [0.29, 0.717) is 30.9 Å². The molecule has 1 N–H and O–H groups in total. The Morgan fingerprint density at radius 3 is 2.96 bits per heavy atom. The Kier molecular flexibility index (Phi) is 6.56. The van der Waals surface area contributed by atoms with E-state index in [2.05, 4.69) is 15.0 Å². The van der Waals surface area contributed by atoms with E-state index >= 15 is 0 Å². The van der Waals surface area contributed by atoms with E-state index in [1.54, 1.807) is 29.8 Å². The number of carbonyl (C=O) groups is 2. The van der Waals surface area contributed by atoms with Crippen LogP contribution in [0.15, 0.2) is 35.2 Å². The molecule has 0 saturated heterocycles. The Morgan fingerprint density at radius 1 is 1.35 bits per heavy atom. The molecule has 2 rings (SSSR count). The summed E-state index contributed by atoms with van der Waals surface area (Å²) >= 11 is 1.51. The third-order valence-electron chi connectivity index (χ3n) is 3.04. The van der Waals surface area contributed by atoms with Crippen LogP contribution in [0.2, 0.25) is 0 Å². The minimum Gasteiger partial charge on any atom is -0.487 e. The topological polar surface area (TPSA) is 77.5 Å². The van der Waals surface area contributed by atoms with Crippen LogP contribution < -0.4 is 10.1 Å². The Bertz CT molecular complexity index is 643. The highest BCUT2D eigenvalue weighted by molar-refractivity contribution is 7.07. The van der Waals surface area contributed by atoms with Gasteiger partial charge in [-0.05, 0) is 24.6 Å². The van der Waals surface area contributed by atoms with Gasteiger partial charge in [-0.15, -0.1) is 11.3 Å². The lowest BCUT2D eigenvalue weighted by Gasteiger charge is -2.08. The summed E-state index contributed by atoms with van der Waals surface area (Å²) in [6.07, 6.45) is 0.825. The molecule has 0 bridgehead atoms. The molecule has 2 aromatic rings. The van der Waals surface area contributed by atoms with E-state index < -0.39 is 0 Å². The van der Waals surface area contributed by atoms with E-state index in [4.69, 9.17) is 4.74 Å². The van der Waals surface area contributed by atoms with Crippen molar-refractivity contribution in [3.8, 4) is 5.75 Å². The number of carbonyl (C=O) groups excluding carboxylic acids is 2. The molecule has 23 heavy (non-hydrogen) atoms. The predicted molar refractivity (Wildman–Crippen MR) is 86.5 cm³/mol. The fraction of sp³-hybridized carbons (Fsp3) is 0.312. The van der Waals surface area contributed by atoms with Gasteiger partial charge < -0.3 is 14.8 Å². The fourth-order valence-corrected chi connectivity index (χ4v) is 2.38. The number of benzene rings is 1. The molecule has 7 heteroatoms. The number of esters is 1. The largest absolute Gasteiger partial charge is 0.487 e. The standard InChI is InChI=1S/C16H18N2O4S/c1-21-15(19)6-3-7-17-16(20)12-4-2-5-14(8-12)22-9-13-10-23-11-18-13/h2,4-5,8,10-11H,3,6-7,9H2,1H3,(H,17,20). The van der Waals surface area contributed by atoms with Crippen molar-refractivity contribution in [3.05, 3.63) is 46.4 Å². The van der Waals surface area contributed by atoms with Gasteiger partial charge in [0.05, 0.1) is 18.3 Å². The van der Waals surface area contributed by atoms with Gasteiger partial charge in [-0.25, -0.2) is 4.98 Å².